The van der Waals surface area contributed by atoms with Crippen molar-refractivity contribution in [3.8, 4) is 0 Å². The van der Waals surface area contributed by atoms with Gasteiger partial charge in [-0.3, -0.25) is 4.79 Å². The van der Waals surface area contributed by atoms with Gasteiger partial charge in [-0.2, -0.15) is 11.4 Å². The van der Waals surface area contributed by atoms with Gasteiger partial charge in [-0.25, -0.2) is 0 Å². The monoisotopic (exact) mass is 192 g/mol. The maximum atomic E-state index is 11.3. The van der Waals surface area contributed by atoms with Gasteiger partial charge in [0.1, 0.15) is 5.78 Å². The highest BCUT2D eigenvalue weighted by atomic mass is 32.1. The SMILES string of the molecule is CC(O)=[SH]CC(=O)C(C)(C)CO. The molecule has 4 heteroatoms. The third-order valence-corrected chi connectivity index (χ3v) is 2.50. The van der Waals surface area contributed by atoms with E-state index in [0.29, 0.717) is 11.4 Å². The van der Waals surface area contributed by atoms with Crippen molar-refractivity contribution in [2.75, 3.05) is 12.4 Å². The molecule has 0 aliphatic rings. The fraction of sp³-hybridized carbons (Fsp3) is 0.750. The predicted octanol–water partition coefficient (Wildman–Crippen LogP) is 0.747. The van der Waals surface area contributed by atoms with Gasteiger partial charge in [0, 0.05) is 11.2 Å². The summed E-state index contributed by atoms with van der Waals surface area (Å²) in [5, 5.41) is 17.9. The van der Waals surface area contributed by atoms with Gasteiger partial charge in [0.25, 0.3) is 0 Å². The van der Waals surface area contributed by atoms with Crippen molar-refractivity contribution >= 4 is 22.2 Å². The summed E-state index contributed by atoms with van der Waals surface area (Å²) in [4.78, 5) is 11.3. The summed E-state index contributed by atoms with van der Waals surface area (Å²) in [6.45, 7) is 4.79. The van der Waals surface area contributed by atoms with Crippen LogP contribution in [0.25, 0.3) is 0 Å². The number of rotatable bonds is 4. The number of ketones is 1. The van der Waals surface area contributed by atoms with Crippen LogP contribution >= 0.6 is 11.4 Å². The van der Waals surface area contributed by atoms with Crippen LogP contribution in [0.2, 0.25) is 0 Å². The smallest absolute Gasteiger partial charge is 0.149 e. The number of thiol groups is 1. The molecule has 0 aliphatic heterocycles. The molecule has 0 rings (SSSR count). The molecule has 2 N–H and O–H groups in total. The molecular formula is C8H16O3S. The first-order valence-electron chi connectivity index (χ1n) is 3.74. The summed E-state index contributed by atoms with van der Waals surface area (Å²) in [6.07, 6.45) is 0. The second kappa shape index (κ2) is 4.74. The lowest BCUT2D eigenvalue weighted by Gasteiger charge is -2.18. The Morgan fingerprint density at radius 1 is 1.50 bits per heavy atom. The Hall–Kier alpha value is -0.190. The number of aliphatic hydroxyl groups excluding tert-OH is 2. The first kappa shape index (κ1) is 11.8. The van der Waals surface area contributed by atoms with E-state index in [1.807, 2.05) is 0 Å². The van der Waals surface area contributed by atoms with Gasteiger partial charge in [-0.1, -0.05) is 13.8 Å². The van der Waals surface area contributed by atoms with Gasteiger partial charge in [0.2, 0.25) is 0 Å². The Morgan fingerprint density at radius 3 is 2.33 bits per heavy atom. The first-order valence-corrected chi connectivity index (χ1v) is 4.82. The lowest BCUT2D eigenvalue weighted by atomic mass is 9.90. The average Bonchev–Trinajstić information content (AvgIpc) is 2.00. The van der Waals surface area contributed by atoms with Crippen molar-refractivity contribution in [2.24, 2.45) is 5.41 Å². The summed E-state index contributed by atoms with van der Waals surface area (Å²) in [5.41, 5.74) is -0.678. The van der Waals surface area contributed by atoms with E-state index < -0.39 is 5.41 Å². The molecule has 0 radical (unpaired) electrons. The van der Waals surface area contributed by atoms with Gasteiger partial charge in [0.05, 0.1) is 11.7 Å². The molecule has 0 aromatic rings. The van der Waals surface area contributed by atoms with Crippen LogP contribution in [-0.2, 0) is 4.79 Å². The van der Waals surface area contributed by atoms with E-state index in [-0.39, 0.29) is 23.2 Å². The molecule has 0 heterocycles. The Labute approximate surface area is 76.4 Å². The van der Waals surface area contributed by atoms with Crippen molar-refractivity contribution < 1.29 is 15.0 Å². The Morgan fingerprint density at radius 2 is 2.00 bits per heavy atom. The maximum Gasteiger partial charge on any atom is 0.149 e. The molecule has 0 amide bonds. The van der Waals surface area contributed by atoms with Crippen LogP contribution < -0.4 is 0 Å². The van der Waals surface area contributed by atoms with Crippen LogP contribution in [0.1, 0.15) is 20.8 Å². The predicted molar refractivity (Wildman–Crippen MR) is 53.0 cm³/mol. The quantitative estimate of drug-likeness (QED) is 0.455. The van der Waals surface area contributed by atoms with Gasteiger partial charge in [-0.05, 0) is 6.92 Å². The van der Waals surface area contributed by atoms with Crippen LogP contribution in [0.15, 0.2) is 0 Å². The van der Waals surface area contributed by atoms with Crippen molar-refractivity contribution in [2.45, 2.75) is 20.8 Å². The highest BCUT2D eigenvalue weighted by Crippen LogP contribution is 2.16. The molecular weight excluding hydrogens is 176 g/mol. The summed E-state index contributed by atoms with van der Waals surface area (Å²) in [6, 6.07) is 0. The summed E-state index contributed by atoms with van der Waals surface area (Å²) >= 11 is 0.625. The summed E-state index contributed by atoms with van der Waals surface area (Å²) < 4.78 is 0. The number of Topliss-reactive ketones (excluding diaryl/α,β-unsaturated/α-hetero) is 1. The molecule has 3 nitrogen and oxygen atoms in total. The zero-order chi connectivity index (χ0) is 9.78. The average molecular weight is 192 g/mol. The van der Waals surface area contributed by atoms with E-state index in [1.54, 1.807) is 20.8 Å². The summed E-state index contributed by atoms with van der Waals surface area (Å²) in [5.74, 6) is 0.246. The maximum absolute atomic E-state index is 11.3. The lowest BCUT2D eigenvalue weighted by Crippen LogP contribution is -2.29. The molecule has 0 bridgehead atoms. The fourth-order valence-electron chi connectivity index (χ4n) is 0.488. The number of hydrogen-bond donors (Lipinski definition) is 3. The van der Waals surface area contributed by atoms with Gasteiger partial charge < -0.3 is 10.2 Å². The summed E-state index contributed by atoms with van der Waals surface area (Å²) in [7, 11) is 0. The topological polar surface area (TPSA) is 57.5 Å². The van der Waals surface area contributed by atoms with Crippen molar-refractivity contribution in [1.82, 2.24) is 0 Å². The molecule has 72 valence electrons. The minimum Gasteiger partial charge on any atom is -0.395 e. The minimum atomic E-state index is -0.678. The van der Waals surface area contributed by atoms with Crippen molar-refractivity contribution in [1.29, 1.82) is 0 Å². The van der Waals surface area contributed by atoms with E-state index >= 15 is 0 Å². The van der Waals surface area contributed by atoms with E-state index in [9.17, 15) is 4.79 Å². The zero-order valence-electron chi connectivity index (χ0n) is 7.66. The molecule has 0 aliphatic carbocycles. The number of aliphatic hydroxyl groups is 2. The van der Waals surface area contributed by atoms with Crippen LogP contribution in [-0.4, -0.2) is 33.4 Å². The third-order valence-electron chi connectivity index (χ3n) is 1.60. The van der Waals surface area contributed by atoms with E-state index in [1.165, 1.54) is 0 Å². The van der Waals surface area contributed by atoms with Crippen molar-refractivity contribution in [3.05, 3.63) is 0 Å². The standard InChI is InChI=1S/C8H16O3S/c1-6(10)12-4-7(11)8(2,3)5-9/h9-10,12H,4-5H2,1-3H3. The molecule has 0 saturated carbocycles. The fourth-order valence-corrected chi connectivity index (χ4v) is 1.29. The highest BCUT2D eigenvalue weighted by molar-refractivity contribution is 7.99. The van der Waals surface area contributed by atoms with Gasteiger partial charge >= 0.3 is 0 Å². The van der Waals surface area contributed by atoms with Crippen LogP contribution in [0.3, 0.4) is 0 Å². The minimum absolute atomic E-state index is 0.0277. The highest BCUT2D eigenvalue weighted by Gasteiger charge is 2.24. The first-order chi connectivity index (χ1) is 5.40. The Bertz CT molecular complexity index is 192. The van der Waals surface area contributed by atoms with E-state index in [0.717, 1.165) is 0 Å². The van der Waals surface area contributed by atoms with Gasteiger partial charge in [-0.15, -0.1) is 0 Å². The molecule has 0 spiro atoms. The molecule has 0 saturated heterocycles. The molecule has 0 unspecified atom stereocenters. The Kier molecular flexibility index (Phi) is 4.67. The molecule has 0 aromatic carbocycles. The molecule has 12 heavy (non-hydrogen) atoms. The normalized spacial score (nSPS) is 13.9. The van der Waals surface area contributed by atoms with Crippen LogP contribution in [0.5, 0.6) is 0 Å². The number of carbonyl (C=O) groups excluding carboxylic acids is 1. The van der Waals surface area contributed by atoms with E-state index in [2.05, 4.69) is 0 Å². The molecule has 0 fully saturated rings. The second-order valence-corrected chi connectivity index (χ2v) is 4.61. The van der Waals surface area contributed by atoms with Crippen LogP contribution in [0, 0.1) is 5.41 Å². The zero-order valence-corrected chi connectivity index (χ0v) is 8.56. The number of carbonyl (C=O) groups is 1. The van der Waals surface area contributed by atoms with Crippen molar-refractivity contribution in [3.63, 3.8) is 0 Å². The third kappa shape index (κ3) is 3.99. The second-order valence-electron chi connectivity index (χ2n) is 3.33. The molecule has 0 aromatic heterocycles. The molecule has 0 atom stereocenters. The lowest BCUT2D eigenvalue weighted by molar-refractivity contribution is -0.126. The van der Waals surface area contributed by atoms with E-state index in [4.69, 9.17) is 10.2 Å². The van der Waals surface area contributed by atoms with Crippen LogP contribution in [0.4, 0.5) is 0 Å². The van der Waals surface area contributed by atoms with Gasteiger partial charge in [0.15, 0.2) is 0 Å². The number of hydrogen-bond acceptors (Lipinski definition) is 2. The Balaban J connectivity index is 4.14. The largest absolute Gasteiger partial charge is 0.395 e.